The maximum Gasteiger partial charge on any atom is 0.171 e. The van der Waals surface area contributed by atoms with Crippen molar-refractivity contribution in [1.29, 1.82) is 0 Å². The molecule has 0 unspecified atom stereocenters. The molecule has 6 heteroatoms. The second-order valence-electron chi connectivity index (χ2n) is 4.11. The fourth-order valence-corrected chi connectivity index (χ4v) is 3.78. The van der Waals surface area contributed by atoms with Crippen LogP contribution in [0.4, 0.5) is 0 Å². The van der Waals surface area contributed by atoms with Crippen molar-refractivity contribution in [3.63, 3.8) is 0 Å². The lowest BCUT2D eigenvalue weighted by atomic mass is 10.4. The summed E-state index contributed by atoms with van der Waals surface area (Å²) < 4.78 is 0. The Hall–Kier alpha value is -1.01. The standard InChI is InChI=1S/C15H11ClN2S3/c1-19-13-9-14(21-11-6-4-10(16)5-7-11)18-15(17-13)12-3-2-8-20-12/h2-9H,1H3. The number of thiophene rings is 1. The fourth-order valence-electron chi connectivity index (χ4n) is 1.70. The maximum atomic E-state index is 5.92. The van der Waals surface area contributed by atoms with Crippen LogP contribution in [0.1, 0.15) is 0 Å². The van der Waals surface area contributed by atoms with Crippen molar-refractivity contribution < 1.29 is 0 Å². The smallest absolute Gasteiger partial charge is 0.171 e. The monoisotopic (exact) mass is 350 g/mol. The number of nitrogens with zero attached hydrogens (tertiary/aromatic N) is 2. The van der Waals surface area contributed by atoms with E-state index in [-0.39, 0.29) is 0 Å². The Morgan fingerprint density at radius 3 is 2.48 bits per heavy atom. The molecule has 0 amide bonds. The Labute approximate surface area is 141 Å². The first-order chi connectivity index (χ1) is 10.2. The summed E-state index contributed by atoms with van der Waals surface area (Å²) in [6.45, 7) is 0. The molecule has 2 aromatic heterocycles. The third-order valence-electron chi connectivity index (χ3n) is 2.67. The maximum absolute atomic E-state index is 5.92. The third-order valence-corrected chi connectivity index (χ3v) is 5.34. The highest BCUT2D eigenvalue weighted by Gasteiger charge is 2.08. The normalized spacial score (nSPS) is 10.8. The summed E-state index contributed by atoms with van der Waals surface area (Å²) in [5, 5.41) is 4.70. The lowest BCUT2D eigenvalue weighted by Gasteiger charge is -2.05. The summed E-state index contributed by atoms with van der Waals surface area (Å²) in [6, 6.07) is 13.8. The number of aromatic nitrogens is 2. The fraction of sp³-hybridized carbons (Fsp3) is 0.0667. The second kappa shape index (κ2) is 6.83. The van der Waals surface area contributed by atoms with E-state index in [1.54, 1.807) is 34.9 Å². The van der Waals surface area contributed by atoms with Gasteiger partial charge in [0.1, 0.15) is 10.1 Å². The molecule has 2 nitrogen and oxygen atoms in total. The highest BCUT2D eigenvalue weighted by Crippen LogP contribution is 2.31. The zero-order valence-electron chi connectivity index (χ0n) is 11.1. The van der Waals surface area contributed by atoms with Gasteiger partial charge in [0.15, 0.2) is 5.82 Å². The van der Waals surface area contributed by atoms with Gasteiger partial charge in [-0.2, -0.15) is 0 Å². The summed E-state index contributed by atoms with van der Waals surface area (Å²) >= 11 is 10.8. The van der Waals surface area contributed by atoms with E-state index in [9.17, 15) is 0 Å². The van der Waals surface area contributed by atoms with E-state index >= 15 is 0 Å². The molecule has 0 aliphatic heterocycles. The van der Waals surface area contributed by atoms with Gasteiger partial charge in [0, 0.05) is 16.0 Å². The van der Waals surface area contributed by atoms with E-state index in [0.717, 1.165) is 30.7 Å². The zero-order chi connectivity index (χ0) is 14.7. The average molecular weight is 351 g/mol. The van der Waals surface area contributed by atoms with Crippen LogP contribution in [0, 0.1) is 0 Å². The average Bonchev–Trinajstić information content (AvgIpc) is 3.04. The largest absolute Gasteiger partial charge is 0.221 e. The van der Waals surface area contributed by atoms with Crippen molar-refractivity contribution >= 4 is 46.5 Å². The second-order valence-corrected chi connectivity index (χ2v) is 7.41. The Bertz CT molecular complexity index is 727. The van der Waals surface area contributed by atoms with Crippen molar-refractivity contribution in [3.8, 4) is 10.7 Å². The van der Waals surface area contributed by atoms with Gasteiger partial charge >= 0.3 is 0 Å². The van der Waals surface area contributed by atoms with E-state index in [1.807, 2.05) is 54.1 Å². The summed E-state index contributed by atoms with van der Waals surface area (Å²) in [7, 11) is 0. The lowest BCUT2D eigenvalue weighted by molar-refractivity contribution is 0.980. The molecule has 2 heterocycles. The van der Waals surface area contributed by atoms with Crippen LogP contribution in [-0.4, -0.2) is 16.2 Å². The molecule has 3 aromatic rings. The van der Waals surface area contributed by atoms with Crippen molar-refractivity contribution in [2.24, 2.45) is 0 Å². The zero-order valence-corrected chi connectivity index (χ0v) is 14.3. The van der Waals surface area contributed by atoms with Gasteiger partial charge in [0.25, 0.3) is 0 Å². The van der Waals surface area contributed by atoms with Crippen LogP contribution in [0.3, 0.4) is 0 Å². The van der Waals surface area contributed by atoms with Crippen LogP contribution in [0.15, 0.2) is 62.8 Å². The quantitative estimate of drug-likeness (QED) is 0.443. The van der Waals surface area contributed by atoms with Crippen molar-refractivity contribution in [2.45, 2.75) is 14.9 Å². The van der Waals surface area contributed by atoms with Gasteiger partial charge in [-0.1, -0.05) is 29.4 Å². The lowest BCUT2D eigenvalue weighted by Crippen LogP contribution is -1.91. The van der Waals surface area contributed by atoms with Gasteiger partial charge in [-0.25, -0.2) is 9.97 Å². The first kappa shape index (κ1) is 14.9. The molecular formula is C15H11ClN2S3. The van der Waals surface area contributed by atoms with Crippen molar-refractivity contribution in [3.05, 3.63) is 52.9 Å². The minimum Gasteiger partial charge on any atom is -0.221 e. The SMILES string of the molecule is CSc1cc(Sc2ccc(Cl)cc2)nc(-c2cccs2)n1. The molecule has 0 aliphatic carbocycles. The summed E-state index contributed by atoms with van der Waals surface area (Å²) in [5.41, 5.74) is 0. The van der Waals surface area contributed by atoms with E-state index < -0.39 is 0 Å². The summed E-state index contributed by atoms with van der Waals surface area (Å²) in [5.74, 6) is 0.785. The Kier molecular flexibility index (Phi) is 4.85. The van der Waals surface area contributed by atoms with Gasteiger partial charge in [-0.15, -0.1) is 23.1 Å². The number of benzene rings is 1. The first-order valence-corrected chi connectivity index (χ1v) is 9.45. The van der Waals surface area contributed by atoms with Gasteiger partial charge in [-0.05, 0) is 42.0 Å². The third kappa shape index (κ3) is 3.80. The molecule has 0 atom stereocenters. The van der Waals surface area contributed by atoms with Gasteiger partial charge in [0.2, 0.25) is 0 Å². The molecule has 21 heavy (non-hydrogen) atoms. The molecule has 1 aromatic carbocycles. The number of hydrogen-bond donors (Lipinski definition) is 0. The van der Waals surface area contributed by atoms with Crippen molar-refractivity contribution in [2.75, 3.05) is 6.26 Å². The van der Waals surface area contributed by atoms with Crippen LogP contribution < -0.4 is 0 Å². The minimum atomic E-state index is 0.742. The number of rotatable bonds is 4. The van der Waals surface area contributed by atoms with Crippen LogP contribution in [0.25, 0.3) is 10.7 Å². The van der Waals surface area contributed by atoms with Crippen LogP contribution in [-0.2, 0) is 0 Å². The summed E-state index contributed by atoms with van der Waals surface area (Å²) in [6.07, 6.45) is 2.03. The van der Waals surface area contributed by atoms with E-state index in [0.29, 0.717) is 0 Å². The molecule has 0 radical (unpaired) electrons. The molecule has 0 N–H and O–H groups in total. The predicted octanol–water partition coefficient (Wildman–Crippen LogP) is 5.73. The van der Waals surface area contributed by atoms with Gasteiger partial charge in [-0.3, -0.25) is 0 Å². The molecule has 0 fully saturated rings. The Morgan fingerprint density at radius 2 is 1.81 bits per heavy atom. The van der Waals surface area contributed by atoms with E-state index in [4.69, 9.17) is 11.6 Å². The number of thioether (sulfide) groups is 1. The summed E-state index contributed by atoms with van der Waals surface area (Å²) in [4.78, 5) is 11.4. The Balaban J connectivity index is 1.94. The Morgan fingerprint density at radius 1 is 1.05 bits per heavy atom. The molecule has 0 saturated heterocycles. The minimum absolute atomic E-state index is 0.742. The molecule has 106 valence electrons. The molecule has 0 bridgehead atoms. The molecule has 3 rings (SSSR count). The molecule has 0 spiro atoms. The molecular weight excluding hydrogens is 340 g/mol. The topological polar surface area (TPSA) is 25.8 Å². The van der Waals surface area contributed by atoms with Gasteiger partial charge in [0.05, 0.1) is 4.88 Å². The highest BCUT2D eigenvalue weighted by atomic mass is 35.5. The number of halogens is 1. The molecule has 0 saturated carbocycles. The van der Waals surface area contributed by atoms with E-state index in [2.05, 4.69) is 9.97 Å². The van der Waals surface area contributed by atoms with Crippen LogP contribution >= 0.6 is 46.5 Å². The van der Waals surface area contributed by atoms with Crippen LogP contribution in [0.2, 0.25) is 5.02 Å². The van der Waals surface area contributed by atoms with Gasteiger partial charge < -0.3 is 0 Å². The predicted molar refractivity (Wildman–Crippen MR) is 92.7 cm³/mol. The number of hydrogen-bond acceptors (Lipinski definition) is 5. The first-order valence-electron chi connectivity index (χ1n) is 6.15. The van der Waals surface area contributed by atoms with Crippen molar-refractivity contribution in [1.82, 2.24) is 9.97 Å². The highest BCUT2D eigenvalue weighted by molar-refractivity contribution is 7.99. The van der Waals surface area contributed by atoms with Crippen LogP contribution in [0.5, 0.6) is 0 Å². The molecule has 0 aliphatic rings. The van der Waals surface area contributed by atoms with E-state index in [1.165, 1.54) is 0 Å².